The molecule has 0 aromatic heterocycles. The number of nitro groups is 2. The van der Waals surface area contributed by atoms with E-state index in [4.69, 9.17) is 0 Å². The molecular weight excluding hydrogens is 664 g/mol. The standard InChI is InChI=1S/C32H48N4O4.2BrH/c1-35(25-29-9-13-31(14-10-29)33(37)38)21-17-27(18-22-35)7-5-3-4-6-8-28-19-23-36(2,24-20-28)26-30-11-15-32(16-12-30)34(39)40;;/h9-16,27-28H,3-8,17-26H2,1-2H3;2*1H/q+2;;/p-2. The van der Waals surface area contributed by atoms with Crippen LogP contribution in [0.15, 0.2) is 48.5 Å². The van der Waals surface area contributed by atoms with Crippen LogP contribution in [-0.2, 0) is 13.1 Å². The molecule has 0 amide bonds. The normalized spacial score (nSPS) is 25.6. The number of unbranched alkanes of at least 4 members (excludes halogenated alkanes) is 3. The second kappa shape index (κ2) is 16.8. The summed E-state index contributed by atoms with van der Waals surface area (Å²) in [5.74, 6) is 1.71. The Morgan fingerprint density at radius 2 is 0.905 bits per heavy atom. The third-order valence-corrected chi connectivity index (χ3v) is 9.71. The quantitative estimate of drug-likeness (QED) is 0.136. The Morgan fingerprint density at radius 3 is 1.19 bits per heavy atom. The Labute approximate surface area is 272 Å². The Kier molecular flexibility index (Phi) is 14.5. The summed E-state index contributed by atoms with van der Waals surface area (Å²) in [6.45, 7) is 6.72. The van der Waals surface area contributed by atoms with E-state index in [1.807, 2.05) is 24.3 Å². The highest BCUT2D eigenvalue weighted by molar-refractivity contribution is 5.33. The maximum atomic E-state index is 10.9. The summed E-state index contributed by atoms with van der Waals surface area (Å²) in [5.41, 5.74) is 2.72. The number of hydrogen-bond acceptors (Lipinski definition) is 4. The van der Waals surface area contributed by atoms with Crippen molar-refractivity contribution in [1.82, 2.24) is 0 Å². The first-order chi connectivity index (χ1) is 19.1. The molecule has 2 heterocycles. The molecule has 0 radical (unpaired) electrons. The van der Waals surface area contributed by atoms with E-state index in [9.17, 15) is 20.2 Å². The van der Waals surface area contributed by atoms with Crippen LogP contribution in [0, 0.1) is 32.1 Å². The zero-order valence-electron chi connectivity index (χ0n) is 25.3. The predicted octanol–water partition coefficient (Wildman–Crippen LogP) is 1.27. The minimum absolute atomic E-state index is 0. The van der Waals surface area contributed by atoms with E-state index in [2.05, 4.69) is 14.1 Å². The summed E-state index contributed by atoms with van der Waals surface area (Å²) in [6, 6.07) is 14.2. The van der Waals surface area contributed by atoms with Gasteiger partial charge in [0.1, 0.15) is 13.1 Å². The van der Waals surface area contributed by atoms with Gasteiger partial charge in [0.15, 0.2) is 0 Å². The maximum absolute atomic E-state index is 10.9. The molecule has 4 rings (SSSR count). The van der Waals surface area contributed by atoms with Crippen molar-refractivity contribution in [3.8, 4) is 0 Å². The van der Waals surface area contributed by atoms with Crippen molar-refractivity contribution < 1.29 is 52.8 Å². The van der Waals surface area contributed by atoms with Crippen LogP contribution < -0.4 is 34.0 Å². The SMILES string of the molecule is C[N+]1(Cc2ccc([N+](=O)[O-])cc2)CCC(CCCCCCC2CC[N+](C)(Cc3ccc([N+](=O)[O-])cc3)CC2)CC1.[Br-].[Br-]. The lowest BCUT2D eigenvalue weighted by atomic mass is 9.88. The number of piperidine rings is 2. The van der Waals surface area contributed by atoms with E-state index in [-0.39, 0.29) is 55.2 Å². The minimum atomic E-state index is -0.329. The molecule has 2 aromatic rings. The van der Waals surface area contributed by atoms with Crippen molar-refractivity contribution in [2.45, 2.75) is 77.3 Å². The number of halogens is 2. The van der Waals surface area contributed by atoms with Crippen molar-refractivity contribution in [3.63, 3.8) is 0 Å². The molecule has 234 valence electrons. The molecule has 2 saturated heterocycles. The van der Waals surface area contributed by atoms with Gasteiger partial charge in [-0.1, -0.05) is 38.5 Å². The lowest BCUT2D eigenvalue weighted by molar-refractivity contribution is -0.928. The lowest BCUT2D eigenvalue weighted by Crippen LogP contribution is -3.00. The van der Waals surface area contributed by atoms with Gasteiger partial charge in [0.2, 0.25) is 0 Å². The second-order valence-corrected chi connectivity index (χ2v) is 13.2. The number of benzene rings is 2. The molecule has 0 saturated carbocycles. The maximum Gasteiger partial charge on any atom is 0.269 e. The second-order valence-electron chi connectivity index (χ2n) is 13.2. The number of hydrogen-bond donors (Lipinski definition) is 0. The number of likely N-dealkylation sites (tertiary alicyclic amines) is 2. The minimum Gasteiger partial charge on any atom is -1.00 e. The molecule has 0 bridgehead atoms. The van der Waals surface area contributed by atoms with Gasteiger partial charge in [0.25, 0.3) is 11.4 Å². The highest BCUT2D eigenvalue weighted by Gasteiger charge is 2.31. The van der Waals surface area contributed by atoms with E-state index >= 15 is 0 Å². The molecule has 2 fully saturated rings. The molecule has 0 atom stereocenters. The fraction of sp³-hybridized carbons (Fsp3) is 0.625. The van der Waals surface area contributed by atoms with E-state index in [0.29, 0.717) is 0 Å². The summed E-state index contributed by atoms with van der Waals surface area (Å²) < 4.78 is 2.09. The van der Waals surface area contributed by atoms with Crippen molar-refractivity contribution in [1.29, 1.82) is 0 Å². The zero-order chi connectivity index (χ0) is 28.6. The van der Waals surface area contributed by atoms with Crippen molar-refractivity contribution >= 4 is 11.4 Å². The Morgan fingerprint density at radius 1 is 0.595 bits per heavy atom. The molecular formula is C32H48Br2N4O4. The van der Waals surface area contributed by atoms with Gasteiger partial charge in [-0.15, -0.1) is 0 Å². The molecule has 10 heteroatoms. The van der Waals surface area contributed by atoms with E-state index in [1.54, 1.807) is 24.3 Å². The van der Waals surface area contributed by atoms with Crippen LogP contribution in [0.3, 0.4) is 0 Å². The van der Waals surface area contributed by atoms with E-state index in [0.717, 1.165) is 33.9 Å². The van der Waals surface area contributed by atoms with Crippen molar-refractivity contribution in [2.24, 2.45) is 11.8 Å². The van der Waals surface area contributed by atoms with E-state index in [1.165, 1.54) is 102 Å². The predicted molar refractivity (Wildman–Crippen MR) is 159 cm³/mol. The number of nitrogens with zero attached hydrogens (tertiary/aromatic N) is 4. The summed E-state index contributed by atoms with van der Waals surface area (Å²) in [5, 5.41) is 21.8. The fourth-order valence-electron chi connectivity index (χ4n) is 6.93. The number of nitro benzene ring substituents is 2. The Bertz CT molecular complexity index is 1020. The Hall–Kier alpha value is -1.88. The molecule has 0 unspecified atom stereocenters. The van der Waals surface area contributed by atoms with Gasteiger partial charge in [-0.05, 0) is 61.8 Å². The largest absolute Gasteiger partial charge is 1.00 e. The molecule has 0 N–H and O–H groups in total. The van der Waals surface area contributed by atoms with Crippen molar-refractivity contribution in [3.05, 3.63) is 79.9 Å². The zero-order valence-corrected chi connectivity index (χ0v) is 28.4. The summed E-state index contributed by atoms with van der Waals surface area (Å²) in [4.78, 5) is 21.1. The van der Waals surface area contributed by atoms with Crippen LogP contribution in [0.25, 0.3) is 0 Å². The Balaban J connectivity index is 0.00000308. The van der Waals surface area contributed by atoms with Crippen LogP contribution in [0.2, 0.25) is 0 Å². The van der Waals surface area contributed by atoms with Crippen molar-refractivity contribution in [2.75, 3.05) is 40.3 Å². The van der Waals surface area contributed by atoms with Gasteiger partial charge >= 0.3 is 0 Å². The number of quaternary nitrogens is 2. The van der Waals surface area contributed by atoms with Crippen LogP contribution in [-0.4, -0.2) is 59.1 Å². The first kappa shape index (κ1) is 36.3. The molecule has 2 aliphatic heterocycles. The lowest BCUT2D eigenvalue weighted by Gasteiger charge is -2.41. The van der Waals surface area contributed by atoms with Gasteiger partial charge < -0.3 is 42.9 Å². The molecule has 42 heavy (non-hydrogen) atoms. The first-order valence-electron chi connectivity index (χ1n) is 15.3. The molecule has 0 spiro atoms. The van der Waals surface area contributed by atoms with Crippen LogP contribution in [0.5, 0.6) is 0 Å². The highest BCUT2D eigenvalue weighted by Crippen LogP contribution is 2.31. The average Bonchev–Trinajstić information content (AvgIpc) is 2.93. The fourth-order valence-corrected chi connectivity index (χ4v) is 6.93. The molecule has 0 aliphatic carbocycles. The van der Waals surface area contributed by atoms with Gasteiger partial charge in [0.05, 0.1) is 50.1 Å². The smallest absolute Gasteiger partial charge is 0.269 e. The third-order valence-electron chi connectivity index (χ3n) is 9.71. The molecule has 2 aromatic carbocycles. The van der Waals surface area contributed by atoms with Crippen LogP contribution in [0.1, 0.15) is 75.3 Å². The molecule has 8 nitrogen and oxygen atoms in total. The topological polar surface area (TPSA) is 86.3 Å². The first-order valence-corrected chi connectivity index (χ1v) is 15.3. The summed E-state index contributed by atoms with van der Waals surface area (Å²) in [6.07, 6.45) is 13.3. The van der Waals surface area contributed by atoms with Gasteiger partial charge in [-0.3, -0.25) is 20.2 Å². The average molecular weight is 713 g/mol. The number of non-ortho nitro benzene ring substituents is 2. The monoisotopic (exact) mass is 710 g/mol. The van der Waals surface area contributed by atoms with Crippen LogP contribution >= 0.6 is 0 Å². The summed E-state index contributed by atoms with van der Waals surface area (Å²) >= 11 is 0. The van der Waals surface area contributed by atoms with E-state index < -0.39 is 0 Å². The van der Waals surface area contributed by atoms with Gasteiger partial charge in [0, 0.05) is 35.4 Å². The summed E-state index contributed by atoms with van der Waals surface area (Å²) in [7, 11) is 4.67. The van der Waals surface area contributed by atoms with Gasteiger partial charge in [-0.25, -0.2) is 0 Å². The van der Waals surface area contributed by atoms with Gasteiger partial charge in [-0.2, -0.15) is 0 Å². The van der Waals surface area contributed by atoms with Crippen LogP contribution in [0.4, 0.5) is 11.4 Å². The third kappa shape index (κ3) is 11.0. The highest BCUT2D eigenvalue weighted by atomic mass is 79.9. The molecule has 2 aliphatic rings. The number of rotatable bonds is 13.